The zero-order chi connectivity index (χ0) is 13.1. The Kier molecular flexibility index (Phi) is 3.33. The standard InChI is InChI=1S/C15H15N3S/c1-11-5-6-14(19-11)10-16-13-4-2-3-12(9-13)15-7-8-17-18-15/h2-9,16H,10H2,1H3,(H,17,18). The second kappa shape index (κ2) is 5.28. The molecule has 96 valence electrons. The van der Waals surface area contributed by atoms with Crippen LogP contribution in [0.4, 0.5) is 5.69 Å². The van der Waals surface area contributed by atoms with Crippen LogP contribution in [0.5, 0.6) is 0 Å². The van der Waals surface area contributed by atoms with Gasteiger partial charge in [-0.2, -0.15) is 5.10 Å². The van der Waals surface area contributed by atoms with E-state index in [-0.39, 0.29) is 0 Å². The van der Waals surface area contributed by atoms with Gasteiger partial charge in [0.05, 0.1) is 5.69 Å². The lowest BCUT2D eigenvalue weighted by Gasteiger charge is -2.06. The molecule has 0 fully saturated rings. The van der Waals surface area contributed by atoms with Crippen molar-refractivity contribution in [3.05, 3.63) is 58.4 Å². The molecule has 0 saturated heterocycles. The van der Waals surface area contributed by atoms with Gasteiger partial charge < -0.3 is 5.32 Å². The first-order valence-corrected chi connectivity index (χ1v) is 7.02. The number of benzene rings is 1. The first-order chi connectivity index (χ1) is 9.31. The molecule has 0 aliphatic carbocycles. The van der Waals surface area contributed by atoms with Gasteiger partial charge in [-0.25, -0.2) is 0 Å². The van der Waals surface area contributed by atoms with Crippen LogP contribution in [0.25, 0.3) is 11.3 Å². The highest BCUT2D eigenvalue weighted by atomic mass is 32.1. The van der Waals surface area contributed by atoms with Crippen LogP contribution in [0, 0.1) is 6.92 Å². The third kappa shape index (κ3) is 2.85. The van der Waals surface area contributed by atoms with Crippen LogP contribution in [0.2, 0.25) is 0 Å². The maximum atomic E-state index is 3.98. The summed E-state index contributed by atoms with van der Waals surface area (Å²) in [5.74, 6) is 0. The van der Waals surface area contributed by atoms with Crippen molar-refractivity contribution in [1.82, 2.24) is 10.2 Å². The molecular weight excluding hydrogens is 254 g/mol. The van der Waals surface area contributed by atoms with Crippen LogP contribution in [0.15, 0.2) is 48.7 Å². The number of nitrogens with one attached hydrogen (secondary N) is 2. The Morgan fingerprint density at radius 1 is 1.21 bits per heavy atom. The molecule has 2 heterocycles. The van der Waals surface area contributed by atoms with E-state index in [4.69, 9.17) is 0 Å². The third-order valence-corrected chi connectivity index (χ3v) is 3.94. The Morgan fingerprint density at radius 3 is 2.89 bits per heavy atom. The monoisotopic (exact) mass is 269 g/mol. The van der Waals surface area contributed by atoms with Gasteiger partial charge >= 0.3 is 0 Å². The fraction of sp³-hybridized carbons (Fsp3) is 0.133. The van der Waals surface area contributed by atoms with E-state index < -0.39 is 0 Å². The van der Waals surface area contributed by atoms with Gasteiger partial charge in [-0.05, 0) is 37.3 Å². The van der Waals surface area contributed by atoms with Crippen molar-refractivity contribution in [3.8, 4) is 11.3 Å². The van der Waals surface area contributed by atoms with Gasteiger partial charge in [0.1, 0.15) is 0 Å². The molecule has 0 amide bonds. The van der Waals surface area contributed by atoms with E-state index in [9.17, 15) is 0 Å². The highest BCUT2D eigenvalue weighted by molar-refractivity contribution is 7.11. The fourth-order valence-corrected chi connectivity index (χ4v) is 2.81. The number of hydrogen-bond donors (Lipinski definition) is 2. The first-order valence-electron chi connectivity index (χ1n) is 6.20. The zero-order valence-electron chi connectivity index (χ0n) is 10.7. The van der Waals surface area contributed by atoms with E-state index in [0.717, 1.165) is 23.5 Å². The molecule has 2 N–H and O–H groups in total. The second-order valence-electron chi connectivity index (χ2n) is 4.42. The van der Waals surface area contributed by atoms with Crippen molar-refractivity contribution in [2.24, 2.45) is 0 Å². The van der Waals surface area contributed by atoms with Crippen LogP contribution in [-0.2, 0) is 6.54 Å². The average molecular weight is 269 g/mol. The van der Waals surface area contributed by atoms with E-state index in [1.165, 1.54) is 9.75 Å². The molecule has 0 bridgehead atoms. The summed E-state index contributed by atoms with van der Waals surface area (Å²) in [4.78, 5) is 2.70. The lowest BCUT2D eigenvalue weighted by atomic mass is 10.1. The molecule has 1 aromatic carbocycles. The van der Waals surface area contributed by atoms with E-state index in [0.29, 0.717) is 0 Å². The number of nitrogens with zero attached hydrogens (tertiary/aromatic N) is 1. The van der Waals surface area contributed by atoms with E-state index in [2.05, 4.69) is 58.8 Å². The molecule has 3 nitrogen and oxygen atoms in total. The van der Waals surface area contributed by atoms with Gasteiger partial charge in [0, 0.05) is 33.7 Å². The SMILES string of the molecule is Cc1ccc(CNc2cccc(-c3ccn[nH]3)c2)s1. The maximum absolute atomic E-state index is 3.98. The predicted molar refractivity (Wildman–Crippen MR) is 80.4 cm³/mol. The molecule has 0 unspecified atom stereocenters. The Labute approximate surface area is 116 Å². The Morgan fingerprint density at radius 2 is 2.16 bits per heavy atom. The van der Waals surface area contributed by atoms with Gasteiger partial charge in [-0.1, -0.05) is 12.1 Å². The summed E-state index contributed by atoms with van der Waals surface area (Å²) in [6, 6.07) is 14.6. The molecule has 0 saturated carbocycles. The van der Waals surface area contributed by atoms with Gasteiger partial charge in [-0.3, -0.25) is 5.10 Å². The number of hydrogen-bond acceptors (Lipinski definition) is 3. The quantitative estimate of drug-likeness (QED) is 0.750. The van der Waals surface area contributed by atoms with Crippen LogP contribution < -0.4 is 5.32 Å². The van der Waals surface area contributed by atoms with Crippen molar-refractivity contribution < 1.29 is 0 Å². The number of thiophene rings is 1. The minimum Gasteiger partial charge on any atom is -0.380 e. The molecule has 0 aliphatic rings. The van der Waals surface area contributed by atoms with E-state index in [1.807, 2.05) is 17.4 Å². The number of rotatable bonds is 4. The van der Waals surface area contributed by atoms with E-state index >= 15 is 0 Å². The van der Waals surface area contributed by atoms with Crippen molar-refractivity contribution in [1.29, 1.82) is 0 Å². The smallest absolute Gasteiger partial charge is 0.0650 e. The molecule has 2 aromatic heterocycles. The topological polar surface area (TPSA) is 40.7 Å². The van der Waals surface area contributed by atoms with E-state index in [1.54, 1.807) is 6.20 Å². The molecule has 19 heavy (non-hydrogen) atoms. The lowest BCUT2D eigenvalue weighted by molar-refractivity contribution is 1.09. The van der Waals surface area contributed by atoms with Crippen molar-refractivity contribution in [3.63, 3.8) is 0 Å². The highest BCUT2D eigenvalue weighted by Crippen LogP contribution is 2.22. The minimum atomic E-state index is 0.866. The summed E-state index contributed by atoms with van der Waals surface area (Å²) in [7, 11) is 0. The van der Waals surface area contributed by atoms with Crippen LogP contribution in [0.3, 0.4) is 0 Å². The van der Waals surface area contributed by atoms with Crippen molar-refractivity contribution in [2.45, 2.75) is 13.5 Å². The molecule has 0 spiro atoms. The maximum Gasteiger partial charge on any atom is 0.0650 e. The highest BCUT2D eigenvalue weighted by Gasteiger charge is 2.01. The molecule has 0 aliphatic heterocycles. The van der Waals surface area contributed by atoms with Gasteiger partial charge in [0.2, 0.25) is 0 Å². The molecule has 4 heteroatoms. The van der Waals surface area contributed by atoms with Crippen LogP contribution in [0.1, 0.15) is 9.75 Å². The number of aryl methyl sites for hydroxylation is 1. The normalized spacial score (nSPS) is 10.6. The molecular formula is C15H15N3S. The Hall–Kier alpha value is -2.07. The minimum absolute atomic E-state index is 0.866. The lowest BCUT2D eigenvalue weighted by Crippen LogP contribution is -1.97. The number of anilines is 1. The third-order valence-electron chi connectivity index (χ3n) is 2.94. The van der Waals surface area contributed by atoms with Crippen LogP contribution in [-0.4, -0.2) is 10.2 Å². The molecule has 0 radical (unpaired) electrons. The Bertz CT molecular complexity index is 656. The van der Waals surface area contributed by atoms with Gasteiger partial charge in [-0.15, -0.1) is 11.3 Å². The summed E-state index contributed by atoms with van der Waals surface area (Å²) in [6.07, 6.45) is 1.77. The largest absolute Gasteiger partial charge is 0.380 e. The summed E-state index contributed by atoms with van der Waals surface area (Å²) in [6.45, 7) is 3.00. The summed E-state index contributed by atoms with van der Waals surface area (Å²) in [5.41, 5.74) is 3.30. The average Bonchev–Trinajstić information content (AvgIpc) is 3.08. The summed E-state index contributed by atoms with van der Waals surface area (Å²) >= 11 is 1.83. The van der Waals surface area contributed by atoms with Crippen molar-refractivity contribution >= 4 is 17.0 Å². The number of aromatic amines is 1. The second-order valence-corrected chi connectivity index (χ2v) is 5.79. The van der Waals surface area contributed by atoms with Crippen LogP contribution >= 0.6 is 11.3 Å². The molecule has 3 rings (SSSR count). The number of H-pyrrole nitrogens is 1. The summed E-state index contributed by atoms with van der Waals surface area (Å²) < 4.78 is 0. The summed E-state index contributed by atoms with van der Waals surface area (Å²) in [5, 5.41) is 10.4. The van der Waals surface area contributed by atoms with Gasteiger partial charge in [0.25, 0.3) is 0 Å². The number of aromatic nitrogens is 2. The fourth-order valence-electron chi connectivity index (χ4n) is 1.98. The zero-order valence-corrected chi connectivity index (χ0v) is 11.5. The Balaban J connectivity index is 1.73. The molecule has 0 atom stereocenters. The predicted octanol–water partition coefficient (Wildman–Crippen LogP) is 4.06. The molecule has 3 aromatic rings. The van der Waals surface area contributed by atoms with Gasteiger partial charge in [0.15, 0.2) is 0 Å². The van der Waals surface area contributed by atoms with Crippen molar-refractivity contribution in [2.75, 3.05) is 5.32 Å². The first kappa shape index (κ1) is 12.0.